The number of aromatic nitrogens is 1. The van der Waals surface area contributed by atoms with E-state index in [9.17, 15) is 18.0 Å². The fourth-order valence-electron chi connectivity index (χ4n) is 3.23. The maximum absolute atomic E-state index is 13.2. The molecule has 8 heteroatoms. The molecule has 1 aromatic carbocycles. The molecule has 0 aliphatic carbocycles. The van der Waals surface area contributed by atoms with Gasteiger partial charge in [0.25, 0.3) is 5.91 Å². The quantitative estimate of drug-likeness (QED) is 0.737. The van der Waals surface area contributed by atoms with E-state index in [1.54, 1.807) is 13.0 Å². The number of carbonyl (C=O) groups is 1. The molecule has 0 bridgehead atoms. The number of nitrogens with one attached hydrogen (secondary N) is 1. The zero-order valence-electron chi connectivity index (χ0n) is 15.1. The predicted molar refractivity (Wildman–Crippen MR) is 99.9 cm³/mol. The number of halogens is 3. The van der Waals surface area contributed by atoms with E-state index in [4.69, 9.17) is 0 Å². The molecule has 1 fully saturated rings. The molecule has 0 unspecified atom stereocenters. The van der Waals surface area contributed by atoms with Gasteiger partial charge in [-0.1, -0.05) is 18.2 Å². The molecule has 146 valence electrons. The number of nitrogens with zero attached hydrogens (tertiary/aromatic N) is 2. The van der Waals surface area contributed by atoms with Crippen molar-refractivity contribution in [2.24, 2.45) is 0 Å². The van der Waals surface area contributed by atoms with E-state index in [-0.39, 0.29) is 16.5 Å². The minimum Gasteiger partial charge on any atom is -0.351 e. The van der Waals surface area contributed by atoms with Crippen molar-refractivity contribution < 1.29 is 18.0 Å². The normalized spacial score (nSPS) is 15.3. The highest BCUT2D eigenvalue weighted by Crippen LogP contribution is 2.38. The van der Waals surface area contributed by atoms with E-state index in [0.29, 0.717) is 17.1 Å². The Kier molecular flexibility index (Phi) is 6.16. The van der Waals surface area contributed by atoms with Crippen molar-refractivity contribution in [3.63, 3.8) is 0 Å². The number of benzene rings is 1. The molecule has 2 heterocycles. The highest BCUT2D eigenvalue weighted by Gasteiger charge is 2.34. The number of carbonyl (C=O) groups excluding carboxylic acids is 1. The number of thiazole rings is 1. The molecule has 4 nitrogen and oxygen atoms in total. The van der Waals surface area contributed by atoms with Crippen LogP contribution in [0, 0.1) is 6.92 Å². The molecule has 2 aromatic rings. The molecule has 1 aliphatic rings. The standard InChI is InChI=1S/C19H22F3N3OS/c1-13-16(17(26)23-9-6-12-25-10-4-5-11-25)27-18(24-13)14-7-2-3-8-15(14)19(20,21)22/h2-3,7-8H,4-6,9-12H2,1H3,(H,23,26). The van der Waals surface area contributed by atoms with Crippen LogP contribution in [0.1, 0.15) is 40.2 Å². The number of hydrogen-bond donors (Lipinski definition) is 1. The highest BCUT2D eigenvalue weighted by atomic mass is 32.1. The highest BCUT2D eigenvalue weighted by molar-refractivity contribution is 7.17. The van der Waals surface area contributed by atoms with Gasteiger partial charge in [0.2, 0.25) is 0 Å². The maximum atomic E-state index is 13.2. The summed E-state index contributed by atoms with van der Waals surface area (Å²) < 4.78 is 39.7. The molecule has 0 spiro atoms. The molecule has 0 atom stereocenters. The average molecular weight is 397 g/mol. The number of aryl methyl sites for hydroxylation is 1. The summed E-state index contributed by atoms with van der Waals surface area (Å²) in [5, 5.41) is 3.07. The van der Waals surface area contributed by atoms with Gasteiger partial charge in [-0.05, 0) is 51.9 Å². The molecule has 0 radical (unpaired) electrons. The van der Waals surface area contributed by atoms with Crippen LogP contribution in [0.15, 0.2) is 24.3 Å². The molecule has 27 heavy (non-hydrogen) atoms. The minimum absolute atomic E-state index is 0.00573. The summed E-state index contributed by atoms with van der Waals surface area (Å²) in [6, 6.07) is 5.31. The Labute approximate surface area is 160 Å². The van der Waals surface area contributed by atoms with Gasteiger partial charge >= 0.3 is 6.18 Å². The largest absolute Gasteiger partial charge is 0.417 e. The molecule has 1 N–H and O–H groups in total. The van der Waals surface area contributed by atoms with Gasteiger partial charge in [0.1, 0.15) is 9.88 Å². The van der Waals surface area contributed by atoms with Crippen LogP contribution >= 0.6 is 11.3 Å². The molecule has 1 amide bonds. The van der Waals surface area contributed by atoms with Gasteiger partial charge in [-0.2, -0.15) is 13.2 Å². The van der Waals surface area contributed by atoms with E-state index in [0.717, 1.165) is 43.5 Å². The van der Waals surface area contributed by atoms with Crippen molar-refractivity contribution in [3.8, 4) is 10.6 Å². The lowest BCUT2D eigenvalue weighted by molar-refractivity contribution is -0.137. The van der Waals surface area contributed by atoms with Gasteiger partial charge in [-0.25, -0.2) is 4.98 Å². The molecule has 3 rings (SSSR count). The SMILES string of the molecule is Cc1nc(-c2ccccc2C(F)(F)F)sc1C(=O)NCCCN1CCCC1. The van der Waals surface area contributed by atoms with Gasteiger partial charge in [-0.3, -0.25) is 4.79 Å². The molecule has 1 aromatic heterocycles. The third-order valence-corrected chi connectivity index (χ3v) is 5.79. The van der Waals surface area contributed by atoms with Crippen LogP contribution in [0.4, 0.5) is 13.2 Å². The summed E-state index contributed by atoms with van der Waals surface area (Å²) in [5.41, 5.74) is -0.286. The van der Waals surface area contributed by atoms with Crippen LogP contribution in [-0.4, -0.2) is 42.0 Å². The zero-order chi connectivity index (χ0) is 19.4. The van der Waals surface area contributed by atoms with Crippen molar-refractivity contribution in [1.82, 2.24) is 15.2 Å². The maximum Gasteiger partial charge on any atom is 0.417 e. The zero-order valence-corrected chi connectivity index (χ0v) is 15.9. The molecule has 1 saturated heterocycles. The monoisotopic (exact) mass is 397 g/mol. The second-order valence-electron chi connectivity index (χ2n) is 6.64. The molecule has 1 aliphatic heterocycles. The fourth-order valence-corrected chi connectivity index (χ4v) is 4.25. The lowest BCUT2D eigenvalue weighted by Gasteiger charge is -2.14. The van der Waals surface area contributed by atoms with E-state index in [1.165, 1.54) is 25.0 Å². The molecular formula is C19H22F3N3OS. The van der Waals surface area contributed by atoms with E-state index < -0.39 is 11.7 Å². The van der Waals surface area contributed by atoms with Crippen LogP contribution < -0.4 is 5.32 Å². The lowest BCUT2D eigenvalue weighted by atomic mass is 10.1. The summed E-state index contributed by atoms with van der Waals surface area (Å²) in [4.78, 5) is 19.4. The Morgan fingerprint density at radius 3 is 2.67 bits per heavy atom. The van der Waals surface area contributed by atoms with Crippen molar-refractivity contribution in [2.45, 2.75) is 32.4 Å². The number of rotatable bonds is 6. The van der Waals surface area contributed by atoms with Crippen molar-refractivity contribution in [1.29, 1.82) is 0 Å². The summed E-state index contributed by atoms with van der Waals surface area (Å²) >= 11 is 1.00. The average Bonchev–Trinajstić information content (AvgIpc) is 3.27. The van der Waals surface area contributed by atoms with Crippen molar-refractivity contribution >= 4 is 17.2 Å². The first-order valence-corrected chi connectivity index (χ1v) is 9.82. The van der Waals surface area contributed by atoms with Crippen LogP contribution in [0.5, 0.6) is 0 Å². The van der Waals surface area contributed by atoms with E-state index in [2.05, 4.69) is 15.2 Å². The Bertz CT molecular complexity index is 798. The molecule has 0 saturated carbocycles. The fraction of sp³-hybridized carbons (Fsp3) is 0.474. The van der Waals surface area contributed by atoms with E-state index >= 15 is 0 Å². The Morgan fingerprint density at radius 2 is 1.96 bits per heavy atom. The number of alkyl halides is 3. The molecular weight excluding hydrogens is 375 g/mol. The van der Waals surface area contributed by atoms with Crippen molar-refractivity contribution in [3.05, 3.63) is 40.4 Å². The topological polar surface area (TPSA) is 45.2 Å². The Morgan fingerprint density at radius 1 is 1.26 bits per heavy atom. The third kappa shape index (κ3) is 4.87. The van der Waals surface area contributed by atoms with Gasteiger partial charge in [0.05, 0.1) is 11.3 Å². The van der Waals surface area contributed by atoms with Crippen LogP contribution in [-0.2, 0) is 6.18 Å². The van der Waals surface area contributed by atoms with Crippen LogP contribution in [0.2, 0.25) is 0 Å². The smallest absolute Gasteiger partial charge is 0.351 e. The Hall–Kier alpha value is -1.93. The first-order valence-electron chi connectivity index (χ1n) is 9.01. The lowest BCUT2D eigenvalue weighted by Crippen LogP contribution is -2.28. The van der Waals surface area contributed by atoms with Crippen molar-refractivity contribution in [2.75, 3.05) is 26.2 Å². The number of likely N-dealkylation sites (tertiary alicyclic amines) is 1. The summed E-state index contributed by atoms with van der Waals surface area (Å²) in [6.07, 6.45) is -1.15. The number of amides is 1. The van der Waals surface area contributed by atoms with Gasteiger partial charge in [0.15, 0.2) is 0 Å². The van der Waals surface area contributed by atoms with Crippen LogP contribution in [0.25, 0.3) is 10.6 Å². The first kappa shape index (κ1) is 19.8. The third-order valence-electron chi connectivity index (χ3n) is 4.60. The number of hydrogen-bond acceptors (Lipinski definition) is 4. The summed E-state index contributed by atoms with van der Waals surface area (Å²) in [5.74, 6) is -0.276. The summed E-state index contributed by atoms with van der Waals surface area (Å²) in [7, 11) is 0. The van der Waals surface area contributed by atoms with Gasteiger partial charge in [0, 0.05) is 12.1 Å². The second kappa shape index (κ2) is 8.39. The van der Waals surface area contributed by atoms with Gasteiger partial charge in [-0.15, -0.1) is 11.3 Å². The predicted octanol–water partition coefficient (Wildman–Crippen LogP) is 4.35. The van der Waals surface area contributed by atoms with Crippen LogP contribution in [0.3, 0.4) is 0 Å². The Balaban J connectivity index is 1.66. The second-order valence-corrected chi connectivity index (χ2v) is 7.63. The van der Waals surface area contributed by atoms with E-state index in [1.807, 2.05) is 0 Å². The first-order chi connectivity index (χ1) is 12.9. The summed E-state index contributed by atoms with van der Waals surface area (Å²) in [6.45, 7) is 5.37. The minimum atomic E-state index is -4.46. The van der Waals surface area contributed by atoms with Gasteiger partial charge < -0.3 is 10.2 Å².